The lowest BCUT2D eigenvalue weighted by Gasteiger charge is -2.13. The maximum Gasteiger partial charge on any atom is 0.338 e. The molecule has 1 fully saturated rings. The monoisotopic (exact) mass is 530 g/mol. The number of carbonyl (C=O) groups is 4. The normalized spacial score (nSPS) is 14.2. The minimum atomic E-state index is -0.738. The van der Waals surface area contributed by atoms with Crippen molar-refractivity contribution in [3.8, 4) is 17.2 Å². The van der Waals surface area contributed by atoms with Gasteiger partial charge in [0.15, 0.2) is 11.5 Å². The van der Waals surface area contributed by atoms with Crippen molar-refractivity contribution in [2.45, 2.75) is 20.0 Å². The van der Waals surface area contributed by atoms with E-state index in [1.807, 2.05) is 0 Å². The molecule has 0 N–H and O–H groups in total. The summed E-state index contributed by atoms with van der Waals surface area (Å²) >= 11 is 0.674. The summed E-state index contributed by atoms with van der Waals surface area (Å²) in [4.78, 5) is 60.2. The number of nitro groups is 1. The van der Waals surface area contributed by atoms with Crippen LogP contribution in [-0.4, -0.2) is 59.8 Å². The number of thioether (sulfide) groups is 1. The van der Waals surface area contributed by atoms with E-state index in [-0.39, 0.29) is 33.8 Å². The van der Waals surface area contributed by atoms with Crippen LogP contribution >= 0.6 is 11.8 Å². The number of rotatable bonds is 9. The second kappa shape index (κ2) is 11.6. The largest absolute Gasteiger partial charge is 0.493 e. The first kappa shape index (κ1) is 27.2. The van der Waals surface area contributed by atoms with E-state index in [2.05, 4.69) is 4.74 Å². The highest BCUT2D eigenvalue weighted by Gasteiger charge is 2.36. The van der Waals surface area contributed by atoms with Crippen molar-refractivity contribution in [2.75, 3.05) is 20.8 Å². The number of methoxy groups -OCH3 is 2. The summed E-state index contributed by atoms with van der Waals surface area (Å²) in [5, 5.41) is 10.9. The van der Waals surface area contributed by atoms with Crippen LogP contribution < -0.4 is 9.47 Å². The first-order chi connectivity index (χ1) is 17.5. The third-order valence-electron chi connectivity index (χ3n) is 4.81. The first-order valence-electron chi connectivity index (χ1n) is 10.7. The van der Waals surface area contributed by atoms with Crippen molar-refractivity contribution < 1.29 is 43.0 Å². The predicted molar refractivity (Wildman–Crippen MR) is 131 cm³/mol. The van der Waals surface area contributed by atoms with E-state index < -0.39 is 40.2 Å². The molecule has 0 spiro atoms. The van der Waals surface area contributed by atoms with Crippen LogP contribution in [-0.2, 0) is 19.1 Å². The molecule has 0 saturated carbocycles. The van der Waals surface area contributed by atoms with E-state index in [0.29, 0.717) is 17.3 Å². The zero-order valence-corrected chi connectivity index (χ0v) is 21.0. The Morgan fingerprint density at radius 3 is 2.41 bits per heavy atom. The first-order valence-corrected chi connectivity index (χ1v) is 11.5. The van der Waals surface area contributed by atoms with Crippen LogP contribution in [0.1, 0.15) is 29.8 Å². The Morgan fingerprint density at radius 2 is 1.78 bits per heavy atom. The van der Waals surface area contributed by atoms with Crippen molar-refractivity contribution in [3.05, 3.63) is 62.5 Å². The molecule has 1 heterocycles. The van der Waals surface area contributed by atoms with Gasteiger partial charge in [0, 0.05) is 6.07 Å². The third-order valence-corrected chi connectivity index (χ3v) is 5.72. The predicted octanol–water partition coefficient (Wildman–Crippen LogP) is 4.17. The van der Waals surface area contributed by atoms with Gasteiger partial charge >= 0.3 is 17.6 Å². The number of benzene rings is 2. The van der Waals surface area contributed by atoms with Gasteiger partial charge in [-0.05, 0) is 61.5 Å². The van der Waals surface area contributed by atoms with Crippen LogP contribution in [0.25, 0.3) is 6.08 Å². The molecule has 2 aromatic rings. The molecule has 2 aromatic carbocycles. The number of hydrogen-bond donors (Lipinski definition) is 0. The second-order valence-corrected chi connectivity index (χ2v) is 8.74. The minimum absolute atomic E-state index is 0.0183. The summed E-state index contributed by atoms with van der Waals surface area (Å²) in [5.41, 5.74) is -0.0102. The number of nitro benzene ring substituents is 1. The molecule has 12 nitrogen and oxygen atoms in total. The van der Waals surface area contributed by atoms with Crippen molar-refractivity contribution in [1.29, 1.82) is 0 Å². The molecular formula is C24H22N2O10S. The van der Waals surface area contributed by atoms with Crippen LogP contribution in [0.15, 0.2) is 41.3 Å². The van der Waals surface area contributed by atoms with Gasteiger partial charge in [-0.25, -0.2) is 4.79 Å². The van der Waals surface area contributed by atoms with Gasteiger partial charge in [0.25, 0.3) is 11.1 Å². The number of ether oxygens (including phenoxy) is 4. The highest BCUT2D eigenvalue weighted by atomic mass is 32.2. The number of amides is 2. The smallest absolute Gasteiger partial charge is 0.338 e. The van der Waals surface area contributed by atoms with Gasteiger partial charge in [-0.15, -0.1) is 0 Å². The van der Waals surface area contributed by atoms with Gasteiger partial charge < -0.3 is 18.9 Å². The fraction of sp³-hybridized carbons (Fsp3) is 0.250. The summed E-state index contributed by atoms with van der Waals surface area (Å²) in [6.07, 6.45) is 1.06. The Morgan fingerprint density at radius 1 is 1.08 bits per heavy atom. The van der Waals surface area contributed by atoms with Gasteiger partial charge in [-0.3, -0.25) is 29.4 Å². The van der Waals surface area contributed by atoms with Crippen molar-refractivity contribution >= 4 is 46.6 Å². The fourth-order valence-corrected chi connectivity index (χ4v) is 4.02. The molecule has 0 radical (unpaired) electrons. The number of hydrogen-bond acceptors (Lipinski definition) is 11. The molecule has 13 heteroatoms. The quantitative estimate of drug-likeness (QED) is 0.199. The number of esters is 2. The molecule has 0 bridgehead atoms. The molecule has 1 saturated heterocycles. The van der Waals surface area contributed by atoms with E-state index in [4.69, 9.17) is 14.2 Å². The Kier molecular flexibility index (Phi) is 8.50. The number of imide groups is 1. The molecule has 0 aliphatic carbocycles. The van der Waals surface area contributed by atoms with Crippen LogP contribution in [0.3, 0.4) is 0 Å². The lowest BCUT2D eigenvalue weighted by Crippen LogP contribution is -2.35. The molecule has 2 amide bonds. The Bertz CT molecular complexity index is 1300. The number of carbonyl (C=O) groups excluding carboxylic acids is 4. The molecule has 0 atom stereocenters. The molecule has 37 heavy (non-hydrogen) atoms. The van der Waals surface area contributed by atoms with Crippen molar-refractivity contribution in [1.82, 2.24) is 4.90 Å². The summed E-state index contributed by atoms with van der Waals surface area (Å²) in [7, 11) is 2.52. The standard InChI is InChI=1S/C24H22N2O10S/c1-13(2)35-21(27)12-25-22(28)20(37-24(25)30)10-14-5-7-18(19(9-14)33-3)36-17-8-6-15(23(29)34-4)11-16(17)26(31)32/h5-11,13H,12H2,1-4H3/b20-10-. The number of nitrogens with zero attached hydrogens (tertiary/aromatic N) is 2. The zero-order valence-electron chi connectivity index (χ0n) is 20.2. The molecule has 3 rings (SSSR count). The van der Waals surface area contributed by atoms with E-state index >= 15 is 0 Å². The molecular weight excluding hydrogens is 508 g/mol. The fourth-order valence-electron chi connectivity index (χ4n) is 3.18. The lowest BCUT2D eigenvalue weighted by atomic mass is 10.1. The van der Waals surface area contributed by atoms with Crippen LogP contribution in [0.2, 0.25) is 0 Å². The second-order valence-electron chi connectivity index (χ2n) is 7.75. The molecule has 0 unspecified atom stereocenters. The third kappa shape index (κ3) is 6.44. The summed E-state index contributed by atoms with van der Waals surface area (Å²) < 4.78 is 20.6. The highest BCUT2D eigenvalue weighted by Crippen LogP contribution is 2.38. The summed E-state index contributed by atoms with van der Waals surface area (Å²) in [5.74, 6) is -1.92. The summed E-state index contributed by atoms with van der Waals surface area (Å²) in [6.45, 7) is 2.81. The van der Waals surface area contributed by atoms with Crippen molar-refractivity contribution in [2.24, 2.45) is 0 Å². The average Bonchev–Trinajstić information content (AvgIpc) is 3.11. The lowest BCUT2D eigenvalue weighted by molar-refractivity contribution is -0.385. The van der Waals surface area contributed by atoms with Crippen molar-refractivity contribution in [3.63, 3.8) is 0 Å². The van der Waals surface area contributed by atoms with Crippen LogP contribution in [0.4, 0.5) is 10.5 Å². The molecule has 1 aliphatic heterocycles. The Hall–Kier alpha value is -4.39. The maximum absolute atomic E-state index is 12.7. The van der Waals surface area contributed by atoms with Gasteiger partial charge in [0.1, 0.15) is 6.54 Å². The average molecular weight is 531 g/mol. The maximum atomic E-state index is 12.7. The molecule has 194 valence electrons. The van der Waals surface area contributed by atoms with E-state index in [1.165, 1.54) is 37.5 Å². The van der Waals surface area contributed by atoms with E-state index in [9.17, 15) is 29.3 Å². The topological polar surface area (TPSA) is 152 Å². The minimum Gasteiger partial charge on any atom is -0.493 e. The summed E-state index contributed by atoms with van der Waals surface area (Å²) in [6, 6.07) is 8.14. The molecule has 0 aromatic heterocycles. The molecule has 1 aliphatic rings. The van der Waals surface area contributed by atoms with Gasteiger partial charge in [-0.1, -0.05) is 6.07 Å². The zero-order chi connectivity index (χ0) is 27.3. The van der Waals surface area contributed by atoms with Crippen LogP contribution in [0.5, 0.6) is 17.2 Å². The SMILES string of the molecule is COC(=O)c1ccc(Oc2ccc(/C=C3\SC(=O)N(CC(=O)OC(C)C)C3=O)cc2OC)c([N+](=O)[O-])c1. The van der Waals surface area contributed by atoms with Gasteiger partial charge in [0.2, 0.25) is 5.75 Å². The van der Waals surface area contributed by atoms with E-state index in [1.54, 1.807) is 19.9 Å². The van der Waals surface area contributed by atoms with Gasteiger partial charge in [0.05, 0.1) is 35.7 Å². The Balaban J connectivity index is 1.84. The van der Waals surface area contributed by atoms with Crippen LogP contribution in [0, 0.1) is 10.1 Å². The van der Waals surface area contributed by atoms with Gasteiger partial charge in [-0.2, -0.15) is 0 Å². The highest BCUT2D eigenvalue weighted by molar-refractivity contribution is 8.18. The van der Waals surface area contributed by atoms with E-state index in [0.717, 1.165) is 18.1 Å². The Labute approximate surface area is 215 Å².